The Labute approximate surface area is 137 Å². The van der Waals surface area contributed by atoms with Gasteiger partial charge in [-0.05, 0) is 37.3 Å². The Bertz CT molecular complexity index is 586. The number of amides is 1. The van der Waals surface area contributed by atoms with Gasteiger partial charge >= 0.3 is 0 Å². The van der Waals surface area contributed by atoms with Crippen LogP contribution in [0.15, 0.2) is 12.1 Å². The Kier molecular flexibility index (Phi) is 6.46. The Hall–Kier alpha value is -2.02. The number of rotatable bonds is 6. The lowest BCUT2D eigenvalue weighted by Gasteiger charge is -2.21. The van der Waals surface area contributed by atoms with Gasteiger partial charge in [0.2, 0.25) is 0 Å². The highest BCUT2D eigenvalue weighted by Crippen LogP contribution is 2.26. The predicted molar refractivity (Wildman–Crippen MR) is 89.0 cm³/mol. The summed E-state index contributed by atoms with van der Waals surface area (Å²) in [5, 5.41) is 2.92. The monoisotopic (exact) mass is 317 g/mol. The summed E-state index contributed by atoms with van der Waals surface area (Å²) in [4.78, 5) is 12.3. The van der Waals surface area contributed by atoms with E-state index < -0.39 is 5.82 Å². The second-order valence-corrected chi connectivity index (χ2v) is 6.06. The molecule has 1 fully saturated rings. The topological polar surface area (TPSA) is 38.3 Å². The third kappa shape index (κ3) is 4.72. The summed E-state index contributed by atoms with van der Waals surface area (Å²) in [5.74, 6) is 2.71. The van der Waals surface area contributed by atoms with Crippen LogP contribution in [0, 0.1) is 24.1 Å². The van der Waals surface area contributed by atoms with E-state index in [2.05, 4.69) is 11.2 Å². The highest BCUT2D eigenvalue weighted by Gasteiger charge is 2.18. The SMILES string of the molecule is C#CCCc1c(F)cc(C(=O)NCC2CCCCC2)cc1OC. The van der Waals surface area contributed by atoms with Crippen molar-refractivity contribution in [3.8, 4) is 18.1 Å². The molecule has 1 aliphatic rings. The Balaban J connectivity index is 2.04. The molecule has 0 spiro atoms. The fourth-order valence-electron chi connectivity index (χ4n) is 3.09. The molecule has 124 valence electrons. The lowest BCUT2D eigenvalue weighted by atomic mass is 9.89. The van der Waals surface area contributed by atoms with E-state index in [-0.39, 0.29) is 5.91 Å². The summed E-state index contributed by atoms with van der Waals surface area (Å²) < 4.78 is 19.5. The highest BCUT2D eigenvalue weighted by molar-refractivity contribution is 5.94. The average Bonchev–Trinajstić information content (AvgIpc) is 2.58. The molecule has 0 aliphatic heterocycles. The van der Waals surface area contributed by atoms with Crippen LogP contribution in [-0.2, 0) is 6.42 Å². The zero-order valence-electron chi connectivity index (χ0n) is 13.7. The van der Waals surface area contributed by atoms with Gasteiger partial charge in [-0.1, -0.05) is 19.3 Å². The molecule has 1 saturated carbocycles. The molecule has 4 heteroatoms. The Morgan fingerprint density at radius 1 is 1.39 bits per heavy atom. The largest absolute Gasteiger partial charge is 0.496 e. The van der Waals surface area contributed by atoms with Crippen molar-refractivity contribution in [3.05, 3.63) is 29.1 Å². The first-order valence-electron chi connectivity index (χ1n) is 8.23. The molecule has 23 heavy (non-hydrogen) atoms. The minimum Gasteiger partial charge on any atom is -0.496 e. The van der Waals surface area contributed by atoms with Crippen LogP contribution in [0.1, 0.15) is 54.4 Å². The fraction of sp³-hybridized carbons (Fsp3) is 0.526. The van der Waals surface area contributed by atoms with Crippen molar-refractivity contribution in [2.75, 3.05) is 13.7 Å². The molecule has 2 rings (SSSR count). The molecule has 0 radical (unpaired) electrons. The Morgan fingerprint density at radius 2 is 2.13 bits per heavy atom. The number of benzene rings is 1. The van der Waals surface area contributed by atoms with Gasteiger partial charge in [-0.15, -0.1) is 12.3 Å². The standard InChI is InChI=1S/C19H24FNO2/c1-3-4-10-16-17(20)11-15(12-18(16)23-2)19(22)21-13-14-8-6-5-7-9-14/h1,11-12,14H,4-10,13H2,2H3,(H,21,22). The van der Waals surface area contributed by atoms with Crippen molar-refractivity contribution in [3.63, 3.8) is 0 Å². The molecule has 1 aromatic rings. The van der Waals surface area contributed by atoms with Crippen LogP contribution in [0.2, 0.25) is 0 Å². The van der Waals surface area contributed by atoms with Crippen LogP contribution in [0.25, 0.3) is 0 Å². The number of terminal acetylenes is 1. The van der Waals surface area contributed by atoms with Crippen molar-refractivity contribution in [2.24, 2.45) is 5.92 Å². The van der Waals surface area contributed by atoms with E-state index in [0.717, 1.165) is 12.8 Å². The normalized spacial score (nSPS) is 15.0. The average molecular weight is 317 g/mol. The number of ether oxygens (including phenoxy) is 1. The Morgan fingerprint density at radius 3 is 2.78 bits per heavy atom. The van der Waals surface area contributed by atoms with Crippen molar-refractivity contribution in [1.82, 2.24) is 5.32 Å². The van der Waals surface area contributed by atoms with Crippen LogP contribution in [0.5, 0.6) is 5.75 Å². The summed E-state index contributed by atoms with van der Waals surface area (Å²) in [6.07, 6.45) is 12.1. The first-order valence-corrected chi connectivity index (χ1v) is 8.23. The molecule has 0 heterocycles. The van der Waals surface area contributed by atoms with Crippen molar-refractivity contribution in [2.45, 2.75) is 44.9 Å². The second kappa shape index (κ2) is 8.57. The van der Waals surface area contributed by atoms with Crippen LogP contribution in [0.3, 0.4) is 0 Å². The van der Waals surface area contributed by atoms with Crippen LogP contribution >= 0.6 is 0 Å². The molecule has 0 aromatic heterocycles. The molecule has 1 aromatic carbocycles. The quantitative estimate of drug-likeness (QED) is 0.812. The molecule has 1 N–H and O–H groups in total. The van der Waals surface area contributed by atoms with Crippen LogP contribution < -0.4 is 10.1 Å². The molecule has 3 nitrogen and oxygen atoms in total. The van der Waals surface area contributed by atoms with Crippen molar-refractivity contribution >= 4 is 5.91 Å². The lowest BCUT2D eigenvalue weighted by Crippen LogP contribution is -2.30. The molecule has 0 saturated heterocycles. The smallest absolute Gasteiger partial charge is 0.251 e. The molecule has 0 unspecified atom stereocenters. The summed E-state index contributed by atoms with van der Waals surface area (Å²) in [6.45, 7) is 0.654. The summed E-state index contributed by atoms with van der Waals surface area (Å²) in [7, 11) is 1.47. The minimum atomic E-state index is -0.442. The van der Waals surface area contributed by atoms with Crippen LogP contribution in [0.4, 0.5) is 4.39 Å². The maximum absolute atomic E-state index is 14.2. The number of carbonyl (C=O) groups is 1. The van der Waals surface area contributed by atoms with Gasteiger partial charge in [0.1, 0.15) is 11.6 Å². The third-order valence-electron chi connectivity index (χ3n) is 4.43. The summed E-state index contributed by atoms with van der Waals surface area (Å²) in [6, 6.07) is 2.86. The predicted octanol–water partition coefficient (Wildman–Crippen LogP) is 3.71. The summed E-state index contributed by atoms with van der Waals surface area (Å²) in [5.41, 5.74) is 0.717. The van der Waals surface area contributed by atoms with Crippen molar-refractivity contribution < 1.29 is 13.9 Å². The third-order valence-corrected chi connectivity index (χ3v) is 4.43. The zero-order valence-corrected chi connectivity index (χ0v) is 13.7. The number of carbonyl (C=O) groups excluding carboxylic acids is 1. The van der Waals surface area contributed by atoms with Gasteiger partial charge in [-0.2, -0.15) is 0 Å². The van der Waals surface area contributed by atoms with E-state index in [1.54, 1.807) is 6.07 Å². The number of methoxy groups -OCH3 is 1. The van der Waals surface area contributed by atoms with Crippen molar-refractivity contribution in [1.29, 1.82) is 0 Å². The van der Waals surface area contributed by atoms with Gasteiger partial charge in [0.15, 0.2) is 0 Å². The first-order chi connectivity index (χ1) is 11.2. The fourth-order valence-corrected chi connectivity index (χ4v) is 3.09. The number of hydrogen-bond donors (Lipinski definition) is 1. The lowest BCUT2D eigenvalue weighted by molar-refractivity contribution is 0.0942. The number of halogens is 1. The molecular formula is C19H24FNO2. The van der Waals surface area contributed by atoms with E-state index in [1.807, 2.05) is 0 Å². The number of hydrogen-bond acceptors (Lipinski definition) is 2. The van der Waals surface area contributed by atoms with Gasteiger partial charge in [0, 0.05) is 24.1 Å². The summed E-state index contributed by atoms with van der Waals surface area (Å²) >= 11 is 0. The van der Waals surface area contributed by atoms with E-state index in [9.17, 15) is 9.18 Å². The maximum atomic E-state index is 14.2. The maximum Gasteiger partial charge on any atom is 0.251 e. The van der Waals surface area contributed by atoms with E-state index >= 15 is 0 Å². The molecule has 1 aliphatic carbocycles. The number of nitrogens with one attached hydrogen (secondary N) is 1. The van der Waals surface area contributed by atoms with Gasteiger partial charge < -0.3 is 10.1 Å². The van der Waals surface area contributed by atoms with E-state index in [1.165, 1.54) is 32.4 Å². The second-order valence-electron chi connectivity index (χ2n) is 6.06. The highest BCUT2D eigenvalue weighted by atomic mass is 19.1. The molecule has 0 atom stereocenters. The van der Waals surface area contributed by atoms with Crippen LogP contribution in [-0.4, -0.2) is 19.6 Å². The zero-order chi connectivity index (χ0) is 16.7. The molecule has 1 amide bonds. The first kappa shape index (κ1) is 17.3. The van der Waals surface area contributed by atoms with Gasteiger partial charge in [0.05, 0.1) is 7.11 Å². The van der Waals surface area contributed by atoms with E-state index in [0.29, 0.717) is 42.2 Å². The van der Waals surface area contributed by atoms with Gasteiger partial charge in [-0.3, -0.25) is 4.79 Å². The molecular weight excluding hydrogens is 293 g/mol. The van der Waals surface area contributed by atoms with E-state index in [4.69, 9.17) is 11.2 Å². The minimum absolute atomic E-state index is 0.253. The molecule has 0 bridgehead atoms. The van der Waals surface area contributed by atoms with Gasteiger partial charge in [0.25, 0.3) is 5.91 Å². The van der Waals surface area contributed by atoms with Gasteiger partial charge in [-0.25, -0.2) is 4.39 Å².